The van der Waals surface area contributed by atoms with Crippen LogP contribution in [0.25, 0.3) is 0 Å². The van der Waals surface area contributed by atoms with Crippen LogP contribution in [0.3, 0.4) is 0 Å². The fourth-order valence-electron chi connectivity index (χ4n) is 1.93. The number of pyridine rings is 1. The number of aliphatic hydroxyl groups is 1. The van der Waals surface area contributed by atoms with Gasteiger partial charge in [-0.2, -0.15) is 0 Å². The van der Waals surface area contributed by atoms with Crippen molar-refractivity contribution in [2.75, 3.05) is 6.54 Å². The lowest BCUT2D eigenvalue weighted by Gasteiger charge is -2.24. The zero-order valence-corrected chi connectivity index (χ0v) is 13.1. The molecule has 1 aromatic heterocycles. The molecule has 0 spiro atoms. The first kappa shape index (κ1) is 17.4. The minimum Gasteiger partial charge on any atom is -0.388 e. The van der Waals surface area contributed by atoms with Gasteiger partial charge in [0.2, 0.25) is 5.91 Å². The van der Waals surface area contributed by atoms with E-state index >= 15 is 0 Å². The lowest BCUT2D eigenvalue weighted by Crippen LogP contribution is -2.41. The Kier molecular flexibility index (Phi) is 6.62. The molecule has 1 unspecified atom stereocenters. The summed E-state index contributed by atoms with van der Waals surface area (Å²) >= 11 is 0. The molecule has 1 atom stereocenters. The summed E-state index contributed by atoms with van der Waals surface area (Å²) in [5, 5.41) is 12.9. The summed E-state index contributed by atoms with van der Waals surface area (Å²) in [6, 6.07) is 4.90. The van der Waals surface area contributed by atoms with E-state index in [1.165, 1.54) is 10.6 Å². The highest BCUT2D eigenvalue weighted by molar-refractivity contribution is 5.75. The number of amides is 1. The summed E-state index contributed by atoms with van der Waals surface area (Å²) in [5.74, 6) is 0.368. The number of nitrogens with zero attached hydrogens (tertiary/aromatic N) is 1. The Balaban J connectivity index is 2.34. The maximum atomic E-state index is 11.8. The second-order valence-corrected chi connectivity index (χ2v) is 6.19. The van der Waals surface area contributed by atoms with Gasteiger partial charge in [-0.05, 0) is 31.7 Å². The first-order valence-corrected chi connectivity index (χ1v) is 7.45. The van der Waals surface area contributed by atoms with Crippen LogP contribution in [0, 0.1) is 5.92 Å². The van der Waals surface area contributed by atoms with Gasteiger partial charge < -0.3 is 15.0 Å². The van der Waals surface area contributed by atoms with Crippen molar-refractivity contribution in [1.82, 2.24) is 9.88 Å². The molecule has 0 aliphatic carbocycles. The largest absolute Gasteiger partial charge is 0.388 e. The Morgan fingerprint density at radius 3 is 2.76 bits per heavy atom. The van der Waals surface area contributed by atoms with Crippen LogP contribution in [0.1, 0.15) is 40.0 Å². The van der Waals surface area contributed by atoms with Crippen LogP contribution in [0.15, 0.2) is 29.2 Å². The van der Waals surface area contributed by atoms with Crippen molar-refractivity contribution < 1.29 is 9.90 Å². The van der Waals surface area contributed by atoms with Gasteiger partial charge in [-0.15, -0.1) is 0 Å². The van der Waals surface area contributed by atoms with E-state index in [2.05, 4.69) is 19.2 Å². The summed E-state index contributed by atoms with van der Waals surface area (Å²) < 4.78 is 1.50. The van der Waals surface area contributed by atoms with Crippen molar-refractivity contribution >= 4 is 5.91 Å². The van der Waals surface area contributed by atoms with E-state index in [1.54, 1.807) is 25.3 Å². The second-order valence-electron chi connectivity index (χ2n) is 6.19. The van der Waals surface area contributed by atoms with Gasteiger partial charge in [-0.3, -0.25) is 9.59 Å². The van der Waals surface area contributed by atoms with Crippen LogP contribution in [-0.4, -0.2) is 27.7 Å². The lowest BCUT2D eigenvalue weighted by molar-refractivity contribution is -0.122. The maximum absolute atomic E-state index is 11.8. The molecule has 5 nitrogen and oxygen atoms in total. The minimum absolute atomic E-state index is 0.116. The summed E-state index contributed by atoms with van der Waals surface area (Å²) in [6.07, 6.45) is 3.46. The molecule has 1 heterocycles. The molecule has 0 aliphatic heterocycles. The summed E-state index contributed by atoms with van der Waals surface area (Å²) in [7, 11) is 0. The molecule has 5 heteroatoms. The predicted octanol–water partition coefficient (Wildman–Crippen LogP) is 1.54. The van der Waals surface area contributed by atoms with E-state index < -0.39 is 5.60 Å². The average Bonchev–Trinajstić information content (AvgIpc) is 2.42. The molecule has 1 amide bonds. The number of nitrogens with one attached hydrogen (secondary N) is 1. The lowest BCUT2D eigenvalue weighted by atomic mass is 9.95. The number of hydrogen-bond acceptors (Lipinski definition) is 3. The molecule has 1 rings (SSSR count). The molecule has 0 saturated carbocycles. The molecule has 21 heavy (non-hydrogen) atoms. The third kappa shape index (κ3) is 7.09. The van der Waals surface area contributed by atoms with E-state index in [-0.39, 0.29) is 24.4 Å². The smallest absolute Gasteiger partial charge is 0.250 e. The van der Waals surface area contributed by atoms with E-state index in [4.69, 9.17) is 0 Å². The van der Waals surface area contributed by atoms with Crippen LogP contribution in [0.5, 0.6) is 0 Å². The van der Waals surface area contributed by atoms with E-state index in [9.17, 15) is 14.7 Å². The van der Waals surface area contributed by atoms with Crippen molar-refractivity contribution in [2.24, 2.45) is 5.92 Å². The van der Waals surface area contributed by atoms with Gasteiger partial charge in [0.05, 0.1) is 5.60 Å². The molecule has 2 N–H and O–H groups in total. The molecule has 0 bridgehead atoms. The third-order valence-electron chi connectivity index (χ3n) is 3.41. The Hall–Kier alpha value is -1.62. The Bertz CT molecular complexity index is 506. The fourth-order valence-corrected chi connectivity index (χ4v) is 1.93. The average molecular weight is 294 g/mol. The topological polar surface area (TPSA) is 71.3 Å². The quantitative estimate of drug-likeness (QED) is 0.764. The molecule has 118 valence electrons. The number of rotatable bonds is 8. The van der Waals surface area contributed by atoms with Crippen molar-refractivity contribution in [3.8, 4) is 0 Å². The minimum atomic E-state index is -0.885. The Labute approximate surface area is 126 Å². The van der Waals surface area contributed by atoms with Gasteiger partial charge >= 0.3 is 0 Å². The van der Waals surface area contributed by atoms with Crippen LogP contribution in [-0.2, 0) is 11.3 Å². The monoisotopic (exact) mass is 294 g/mol. The molecule has 0 aromatic carbocycles. The zero-order valence-electron chi connectivity index (χ0n) is 13.1. The highest BCUT2D eigenvalue weighted by Crippen LogP contribution is 2.15. The molecular formula is C16H26N2O3. The molecule has 0 radical (unpaired) electrons. The van der Waals surface area contributed by atoms with Crippen LogP contribution >= 0.6 is 0 Å². The molecule has 1 aromatic rings. The van der Waals surface area contributed by atoms with Crippen molar-refractivity contribution in [2.45, 2.75) is 52.2 Å². The van der Waals surface area contributed by atoms with Crippen molar-refractivity contribution in [3.63, 3.8) is 0 Å². The number of aromatic nitrogens is 1. The highest BCUT2D eigenvalue weighted by Gasteiger charge is 2.21. The van der Waals surface area contributed by atoms with Crippen LogP contribution in [0.2, 0.25) is 0 Å². The normalized spacial score (nSPS) is 14.0. The second kappa shape index (κ2) is 7.98. The standard InChI is InChI=1S/C16H26N2O3/c1-13(2)7-9-16(3,21)12-17-14(19)8-11-18-10-5-4-6-15(18)20/h4-6,10,13,21H,7-9,11-12H2,1-3H3,(H,17,19). The Morgan fingerprint density at radius 2 is 2.14 bits per heavy atom. The summed E-state index contributed by atoms with van der Waals surface area (Å²) in [6.45, 7) is 6.53. The molecular weight excluding hydrogens is 268 g/mol. The summed E-state index contributed by atoms with van der Waals surface area (Å²) in [4.78, 5) is 23.3. The highest BCUT2D eigenvalue weighted by atomic mass is 16.3. The van der Waals surface area contributed by atoms with Gasteiger partial charge in [-0.1, -0.05) is 19.9 Å². The van der Waals surface area contributed by atoms with Crippen molar-refractivity contribution in [3.05, 3.63) is 34.7 Å². The van der Waals surface area contributed by atoms with Crippen LogP contribution < -0.4 is 10.9 Å². The van der Waals surface area contributed by atoms with E-state index in [0.717, 1.165) is 6.42 Å². The fraction of sp³-hybridized carbons (Fsp3) is 0.625. The summed E-state index contributed by atoms with van der Waals surface area (Å²) in [5.41, 5.74) is -1.00. The van der Waals surface area contributed by atoms with E-state index in [0.29, 0.717) is 18.9 Å². The van der Waals surface area contributed by atoms with Gasteiger partial charge in [-0.25, -0.2) is 0 Å². The van der Waals surface area contributed by atoms with E-state index in [1.807, 2.05) is 0 Å². The van der Waals surface area contributed by atoms with Crippen molar-refractivity contribution in [1.29, 1.82) is 0 Å². The third-order valence-corrected chi connectivity index (χ3v) is 3.41. The molecule has 0 aliphatic rings. The first-order chi connectivity index (χ1) is 9.80. The van der Waals surface area contributed by atoms with Gasteiger partial charge in [0, 0.05) is 31.8 Å². The molecule has 0 fully saturated rings. The predicted molar refractivity (Wildman–Crippen MR) is 83.0 cm³/mol. The zero-order chi connectivity index (χ0) is 15.9. The number of carbonyl (C=O) groups is 1. The van der Waals surface area contributed by atoms with Gasteiger partial charge in [0.15, 0.2) is 0 Å². The Morgan fingerprint density at radius 1 is 1.43 bits per heavy atom. The number of carbonyl (C=O) groups excluding carboxylic acids is 1. The first-order valence-electron chi connectivity index (χ1n) is 7.45. The van der Waals surface area contributed by atoms with Gasteiger partial charge in [0.1, 0.15) is 0 Å². The van der Waals surface area contributed by atoms with Crippen LogP contribution in [0.4, 0.5) is 0 Å². The maximum Gasteiger partial charge on any atom is 0.250 e. The number of aryl methyl sites for hydroxylation is 1. The number of hydrogen-bond donors (Lipinski definition) is 2. The molecule has 0 saturated heterocycles. The SMILES string of the molecule is CC(C)CCC(C)(O)CNC(=O)CCn1ccccc1=O. The van der Waals surface area contributed by atoms with Gasteiger partial charge in [0.25, 0.3) is 5.56 Å².